The van der Waals surface area contributed by atoms with Crippen molar-refractivity contribution >= 4 is 11.9 Å². The van der Waals surface area contributed by atoms with Crippen LogP contribution in [-0.4, -0.2) is 23.1 Å². The van der Waals surface area contributed by atoms with Crippen molar-refractivity contribution in [3.63, 3.8) is 0 Å². The molecule has 0 aromatic heterocycles. The summed E-state index contributed by atoms with van der Waals surface area (Å²) >= 11 is 0. The van der Waals surface area contributed by atoms with Crippen molar-refractivity contribution in [2.75, 3.05) is 0 Å². The molecule has 0 rings (SSSR count). The van der Waals surface area contributed by atoms with Crippen LogP contribution in [0, 0.1) is 0 Å². The van der Waals surface area contributed by atoms with E-state index in [0.717, 1.165) is 83.5 Å². The van der Waals surface area contributed by atoms with Crippen molar-refractivity contribution in [1.82, 2.24) is 0 Å². The molecule has 1 atom stereocenters. The third kappa shape index (κ3) is 34.4. The molecule has 0 fully saturated rings. The summed E-state index contributed by atoms with van der Waals surface area (Å²) in [4.78, 5) is 22.9. The summed E-state index contributed by atoms with van der Waals surface area (Å²) in [5.74, 6) is -0.690. The molecule has 0 heterocycles. The van der Waals surface area contributed by atoms with Gasteiger partial charge in [-0.3, -0.25) is 9.59 Å². The first-order valence-corrected chi connectivity index (χ1v) is 18.6. The predicted molar refractivity (Wildman–Crippen MR) is 190 cm³/mol. The standard InChI is InChI=1S/C40H70O4/c1-3-5-6-7-8-9-10-11-12-13-14-15-16-17-18-19-20-24-27-30-33-37-40(43)44-38(34-4-2)35-31-28-25-22-21-23-26-29-32-36-39(41)42/h8-9,11-12,14-15,17-18,38H,3-7,10,13,16,19-37H2,1-2H3,(H,41,42)/b9-8-,12-11-,15-14-,18-17-. The smallest absolute Gasteiger partial charge is 0.306 e. The summed E-state index contributed by atoms with van der Waals surface area (Å²) in [6.45, 7) is 4.41. The number of carbonyl (C=O) groups excluding carboxylic acids is 1. The van der Waals surface area contributed by atoms with Gasteiger partial charge in [-0.1, -0.05) is 146 Å². The van der Waals surface area contributed by atoms with E-state index in [1.807, 2.05) is 0 Å². The van der Waals surface area contributed by atoms with Crippen molar-refractivity contribution in [3.8, 4) is 0 Å². The van der Waals surface area contributed by atoms with Gasteiger partial charge in [0.2, 0.25) is 0 Å². The molecule has 0 amide bonds. The minimum Gasteiger partial charge on any atom is -0.481 e. The molecule has 0 aliphatic carbocycles. The van der Waals surface area contributed by atoms with Crippen molar-refractivity contribution in [1.29, 1.82) is 0 Å². The van der Waals surface area contributed by atoms with Crippen LogP contribution in [0.1, 0.15) is 187 Å². The van der Waals surface area contributed by atoms with E-state index in [4.69, 9.17) is 9.84 Å². The number of esters is 1. The SMILES string of the molecule is CCCCC/C=C\C/C=C\C/C=C\C/C=C\CCCCCCCC(=O)OC(CCC)CCCCCCCCCCCC(=O)O. The summed E-state index contributed by atoms with van der Waals surface area (Å²) < 4.78 is 5.83. The minimum atomic E-state index is -0.683. The Morgan fingerprint density at radius 2 is 0.932 bits per heavy atom. The maximum Gasteiger partial charge on any atom is 0.306 e. The Bertz CT molecular complexity index is 748. The fraction of sp³-hybridized carbons (Fsp3) is 0.750. The molecule has 4 nitrogen and oxygen atoms in total. The van der Waals surface area contributed by atoms with Crippen molar-refractivity contribution in [3.05, 3.63) is 48.6 Å². The number of hydrogen-bond acceptors (Lipinski definition) is 3. The second-order valence-electron chi connectivity index (χ2n) is 12.4. The van der Waals surface area contributed by atoms with Gasteiger partial charge in [-0.05, 0) is 77.0 Å². The van der Waals surface area contributed by atoms with Crippen molar-refractivity contribution < 1.29 is 19.4 Å². The van der Waals surface area contributed by atoms with Crippen molar-refractivity contribution in [2.45, 2.75) is 193 Å². The van der Waals surface area contributed by atoms with Crippen LogP contribution in [0.3, 0.4) is 0 Å². The molecule has 0 aliphatic rings. The van der Waals surface area contributed by atoms with Gasteiger partial charge in [0.15, 0.2) is 0 Å². The highest BCUT2D eigenvalue weighted by Crippen LogP contribution is 2.17. The molecular formula is C40H70O4. The number of carbonyl (C=O) groups is 2. The largest absolute Gasteiger partial charge is 0.481 e. The Kier molecular flexibility index (Phi) is 33.7. The number of carboxylic acid groups (broad SMARTS) is 1. The number of rotatable bonds is 33. The van der Waals surface area contributed by atoms with Gasteiger partial charge in [0.25, 0.3) is 0 Å². The van der Waals surface area contributed by atoms with Gasteiger partial charge in [0.1, 0.15) is 6.10 Å². The molecule has 0 spiro atoms. The molecule has 0 saturated carbocycles. The highest BCUT2D eigenvalue weighted by Gasteiger charge is 2.13. The van der Waals surface area contributed by atoms with Crippen LogP contribution >= 0.6 is 0 Å². The fourth-order valence-corrected chi connectivity index (χ4v) is 5.34. The summed E-state index contributed by atoms with van der Waals surface area (Å²) in [6.07, 6.45) is 47.5. The van der Waals surface area contributed by atoms with E-state index < -0.39 is 5.97 Å². The highest BCUT2D eigenvalue weighted by molar-refractivity contribution is 5.69. The summed E-state index contributed by atoms with van der Waals surface area (Å²) in [5, 5.41) is 8.67. The van der Waals surface area contributed by atoms with Gasteiger partial charge in [0.05, 0.1) is 0 Å². The highest BCUT2D eigenvalue weighted by atomic mass is 16.5. The molecule has 1 unspecified atom stereocenters. The normalized spacial score (nSPS) is 12.8. The van der Waals surface area contributed by atoms with Crippen molar-refractivity contribution in [2.24, 2.45) is 0 Å². The molecule has 0 aliphatic heterocycles. The average Bonchev–Trinajstić information content (AvgIpc) is 3.00. The molecular weight excluding hydrogens is 544 g/mol. The number of unbranched alkanes of at least 4 members (excludes halogenated alkanes) is 16. The van der Waals surface area contributed by atoms with Gasteiger partial charge >= 0.3 is 11.9 Å². The van der Waals surface area contributed by atoms with Gasteiger partial charge in [0, 0.05) is 12.8 Å². The third-order valence-corrected chi connectivity index (χ3v) is 8.03. The second kappa shape index (κ2) is 35.4. The molecule has 0 radical (unpaired) electrons. The zero-order chi connectivity index (χ0) is 32.2. The lowest BCUT2D eigenvalue weighted by molar-refractivity contribution is -0.150. The van der Waals surface area contributed by atoms with E-state index in [1.54, 1.807) is 0 Å². The quantitative estimate of drug-likeness (QED) is 0.0454. The number of carboxylic acids is 1. The summed E-state index contributed by atoms with van der Waals surface area (Å²) in [5.41, 5.74) is 0. The molecule has 0 saturated heterocycles. The van der Waals surface area contributed by atoms with E-state index in [-0.39, 0.29) is 12.1 Å². The fourth-order valence-electron chi connectivity index (χ4n) is 5.34. The van der Waals surface area contributed by atoms with E-state index in [9.17, 15) is 9.59 Å². The first kappa shape index (κ1) is 41.9. The Hall–Kier alpha value is -2.10. The van der Waals surface area contributed by atoms with Gasteiger partial charge in [-0.2, -0.15) is 0 Å². The lowest BCUT2D eigenvalue weighted by atomic mass is 10.0. The number of aliphatic carboxylic acids is 1. The molecule has 0 aromatic carbocycles. The van der Waals surface area contributed by atoms with Crippen LogP contribution < -0.4 is 0 Å². The Balaban J connectivity index is 3.63. The molecule has 1 N–H and O–H groups in total. The number of ether oxygens (including phenoxy) is 1. The Morgan fingerprint density at radius 3 is 1.43 bits per heavy atom. The Morgan fingerprint density at radius 1 is 0.500 bits per heavy atom. The first-order valence-electron chi connectivity index (χ1n) is 18.6. The van der Waals surface area contributed by atoms with Gasteiger partial charge < -0.3 is 9.84 Å². The van der Waals surface area contributed by atoms with Crippen LogP contribution in [0.4, 0.5) is 0 Å². The van der Waals surface area contributed by atoms with Gasteiger partial charge in [-0.15, -0.1) is 0 Å². The summed E-state index contributed by atoms with van der Waals surface area (Å²) in [6, 6.07) is 0. The molecule has 4 heteroatoms. The van der Waals surface area contributed by atoms with Crippen LogP contribution in [0.15, 0.2) is 48.6 Å². The number of allylic oxidation sites excluding steroid dienone is 8. The molecule has 0 bridgehead atoms. The average molecular weight is 615 g/mol. The molecule has 0 aromatic rings. The second-order valence-corrected chi connectivity index (χ2v) is 12.4. The monoisotopic (exact) mass is 615 g/mol. The maximum atomic E-state index is 12.4. The predicted octanol–water partition coefficient (Wildman–Crippen LogP) is 12.8. The topological polar surface area (TPSA) is 63.6 Å². The van der Waals surface area contributed by atoms with E-state index in [2.05, 4.69) is 62.5 Å². The van der Waals surface area contributed by atoms with E-state index >= 15 is 0 Å². The van der Waals surface area contributed by atoms with Crippen LogP contribution in [0.25, 0.3) is 0 Å². The summed E-state index contributed by atoms with van der Waals surface area (Å²) in [7, 11) is 0. The molecule has 254 valence electrons. The molecule has 44 heavy (non-hydrogen) atoms. The zero-order valence-electron chi connectivity index (χ0n) is 29.0. The maximum absolute atomic E-state index is 12.4. The zero-order valence-corrected chi connectivity index (χ0v) is 29.0. The van der Waals surface area contributed by atoms with Crippen LogP contribution in [-0.2, 0) is 14.3 Å². The van der Waals surface area contributed by atoms with Crippen LogP contribution in [0.5, 0.6) is 0 Å². The first-order chi connectivity index (χ1) is 21.6. The number of hydrogen-bond donors (Lipinski definition) is 1. The minimum absolute atomic E-state index is 0.00697. The third-order valence-electron chi connectivity index (χ3n) is 8.03. The lowest BCUT2D eigenvalue weighted by Gasteiger charge is -2.17. The lowest BCUT2D eigenvalue weighted by Crippen LogP contribution is -2.18. The van der Waals surface area contributed by atoms with Crippen LogP contribution in [0.2, 0.25) is 0 Å². The van der Waals surface area contributed by atoms with E-state index in [0.29, 0.717) is 12.8 Å². The van der Waals surface area contributed by atoms with E-state index in [1.165, 1.54) is 77.0 Å². The van der Waals surface area contributed by atoms with Gasteiger partial charge in [-0.25, -0.2) is 0 Å². The Labute approximate surface area is 272 Å².